The van der Waals surface area contributed by atoms with Gasteiger partial charge in [-0.3, -0.25) is 9.97 Å². The molecule has 1 aromatic heterocycles. The van der Waals surface area contributed by atoms with Crippen molar-refractivity contribution in [3.05, 3.63) is 29.0 Å². The van der Waals surface area contributed by atoms with E-state index >= 15 is 0 Å². The molecule has 0 atom stereocenters. The van der Waals surface area contributed by atoms with Gasteiger partial charge in [-0.05, 0) is 6.07 Å². The number of carboxylic acid groups (broad SMARTS) is 1. The van der Waals surface area contributed by atoms with Crippen LogP contribution in [-0.2, 0) is 0 Å². The van der Waals surface area contributed by atoms with Crippen LogP contribution in [0.1, 0.15) is 10.4 Å². The number of hydrogen-bond donors (Lipinski definition) is 2. The summed E-state index contributed by atoms with van der Waals surface area (Å²) in [7, 11) is 0. The number of fused-ring (bicyclic) bond motifs is 1. The number of nitrogen functional groups attached to an aromatic ring is 1. The first-order chi connectivity index (χ1) is 7.11. The van der Waals surface area contributed by atoms with Crippen LogP contribution in [0.15, 0.2) is 18.5 Å². The Kier molecular flexibility index (Phi) is 2.17. The quantitative estimate of drug-likeness (QED) is 0.717. The van der Waals surface area contributed by atoms with Crippen molar-refractivity contribution in [2.75, 3.05) is 5.73 Å². The van der Waals surface area contributed by atoms with Crippen molar-refractivity contribution in [3.63, 3.8) is 0 Å². The van der Waals surface area contributed by atoms with Crippen molar-refractivity contribution >= 4 is 34.3 Å². The number of anilines is 1. The summed E-state index contributed by atoms with van der Waals surface area (Å²) < 4.78 is 0. The fourth-order valence-corrected chi connectivity index (χ4v) is 1.51. The summed E-state index contributed by atoms with van der Waals surface area (Å²) in [5.41, 5.74) is 6.33. The van der Waals surface area contributed by atoms with Gasteiger partial charge in [0.2, 0.25) is 0 Å². The largest absolute Gasteiger partial charge is 0.478 e. The molecule has 0 fully saturated rings. The zero-order chi connectivity index (χ0) is 11.0. The number of carboxylic acids is 1. The molecule has 3 N–H and O–H groups in total. The van der Waals surface area contributed by atoms with E-state index in [-0.39, 0.29) is 16.3 Å². The monoisotopic (exact) mass is 223 g/mol. The molecule has 1 heterocycles. The molecular weight excluding hydrogens is 218 g/mol. The average molecular weight is 224 g/mol. The van der Waals surface area contributed by atoms with Gasteiger partial charge in [0.25, 0.3) is 0 Å². The van der Waals surface area contributed by atoms with Crippen molar-refractivity contribution in [2.24, 2.45) is 0 Å². The average Bonchev–Trinajstić information content (AvgIpc) is 2.23. The standard InChI is InChI=1S/C9H6ClN3O2/c10-6-7(11)4(9(14)15)3-5-8(6)13-2-1-12-5/h1-3H,11H2,(H,14,15). The maximum Gasteiger partial charge on any atom is 0.337 e. The van der Waals surface area contributed by atoms with E-state index in [0.717, 1.165) is 0 Å². The lowest BCUT2D eigenvalue weighted by Gasteiger charge is -2.05. The first kappa shape index (κ1) is 9.67. The van der Waals surface area contributed by atoms with Crippen LogP contribution >= 0.6 is 11.6 Å². The fraction of sp³-hybridized carbons (Fsp3) is 0. The molecule has 0 spiro atoms. The highest BCUT2D eigenvalue weighted by Crippen LogP contribution is 2.29. The Hall–Kier alpha value is -1.88. The zero-order valence-electron chi connectivity index (χ0n) is 7.44. The Balaban J connectivity index is 2.88. The first-order valence-corrected chi connectivity index (χ1v) is 4.41. The molecular formula is C9H6ClN3O2. The lowest BCUT2D eigenvalue weighted by Crippen LogP contribution is -2.04. The molecule has 0 unspecified atom stereocenters. The van der Waals surface area contributed by atoms with E-state index in [4.69, 9.17) is 22.4 Å². The minimum absolute atomic E-state index is 0.0113. The summed E-state index contributed by atoms with van der Waals surface area (Å²) in [6, 6.07) is 1.35. The lowest BCUT2D eigenvalue weighted by molar-refractivity contribution is 0.0698. The highest BCUT2D eigenvalue weighted by Gasteiger charge is 2.15. The third-order valence-electron chi connectivity index (χ3n) is 1.97. The van der Waals surface area contributed by atoms with E-state index in [1.54, 1.807) is 0 Å². The number of rotatable bonds is 1. The molecule has 0 saturated carbocycles. The third-order valence-corrected chi connectivity index (χ3v) is 2.36. The topological polar surface area (TPSA) is 89.1 Å². The minimum Gasteiger partial charge on any atom is -0.478 e. The molecule has 0 saturated heterocycles. The van der Waals surface area contributed by atoms with Gasteiger partial charge in [0.15, 0.2) is 0 Å². The Morgan fingerprint density at radius 3 is 2.73 bits per heavy atom. The number of benzene rings is 1. The molecule has 2 aromatic rings. The van der Waals surface area contributed by atoms with Crippen LogP contribution in [0, 0.1) is 0 Å². The minimum atomic E-state index is -1.14. The van der Waals surface area contributed by atoms with Gasteiger partial charge in [-0.15, -0.1) is 0 Å². The molecule has 76 valence electrons. The molecule has 0 aliphatic heterocycles. The normalized spacial score (nSPS) is 10.5. The SMILES string of the molecule is Nc1c(C(=O)O)cc2nccnc2c1Cl. The predicted molar refractivity (Wildman–Crippen MR) is 55.9 cm³/mol. The molecule has 0 bridgehead atoms. The van der Waals surface area contributed by atoms with Crippen LogP contribution in [0.5, 0.6) is 0 Å². The van der Waals surface area contributed by atoms with E-state index in [1.165, 1.54) is 18.5 Å². The van der Waals surface area contributed by atoms with Gasteiger partial charge >= 0.3 is 5.97 Å². The van der Waals surface area contributed by atoms with Crippen LogP contribution in [0.3, 0.4) is 0 Å². The van der Waals surface area contributed by atoms with Crippen molar-refractivity contribution in [1.82, 2.24) is 9.97 Å². The van der Waals surface area contributed by atoms with Crippen LogP contribution in [0.25, 0.3) is 11.0 Å². The second-order valence-corrected chi connectivity index (χ2v) is 3.26. The van der Waals surface area contributed by atoms with Gasteiger partial charge in [-0.1, -0.05) is 11.6 Å². The lowest BCUT2D eigenvalue weighted by atomic mass is 10.1. The summed E-state index contributed by atoms with van der Waals surface area (Å²) in [4.78, 5) is 18.8. The number of nitrogens with zero attached hydrogens (tertiary/aromatic N) is 2. The van der Waals surface area contributed by atoms with Gasteiger partial charge in [0, 0.05) is 12.4 Å². The maximum atomic E-state index is 10.8. The Labute approximate surface area is 89.5 Å². The summed E-state index contributed by atoms with van der Waals surface area (Å²) in [5.74, 6) is -1.14. The van der Waals surface area contributed by atoms with Crippen LogP contribution in [-0.4, -0.2) is 21.0 Å². The van der Waals surface area contributed by atoms with E-state index in [2.05, 4.69) is 9.97 Å². The molecule has 5 nitrogen and oxygen atoms in total. The molecule has 15 heavy (non-hydrogen) atoms. The molecule has 0 amide bonds. The first-order valence-electron chi connectivity index (χ1n) is 4.03. The highest BCUT2D eigenvalue weighted by molar-refractivity contribution is 6.38. The number of aromatic nitrogens is 2. The summed E-state index contributed by atoms with van der Waals surface area (Å²) in [6.45, 7) is 0. The Morgan fingerprint density at radius 1 is 1.40 bits per heavy atom. The number of halogens is 1. The zero-order valence-corrected chi connectivity index (χ0v) is 8.19. The fourth-order valence-electron chi connectivity index (χ4n) is 1.26. The van der Waals surface area contributed by atoms with Crippen molar-refractivity contribution < 1.29 is 9.90 Å². The molecule has 1 aromatic carbocycles. The maximum absolute atomic E-state index is 10.8. The van der Waals surface area contributed by atoms with E-state index in [9.17, 15) is 4.79 Å². The van der Waals surface area contributed by atoms with Crippen LogP contribution in [0.4, 0.5) is 5.69 Å². The van der Waals surface area contributed by atoms with Crippen LogP contribution < -0.4 is 5.73 Å². The Bertz CT molecular complexity index is 556. The third kappa shape index (κ3) is 1.46. The van der Waals surface area contributed by atoms with Gasteiger partial charge < -0.3 is 10.8 Å². The van der Waals surface area contributed by atoms with Gasteiger partial charge in [-0.2, -0.15) is 0 Å². The number of nitrogens with two attached hydrogens (primary N) is 1. The summed E-state index contributed by atoms with van der Waals surface area (Å²) in [6.07, 6.45) is 2.93. The van der Waals surface area contributed by atoms with Crippen molar-refractivity contribution in [2.45, 2.75) is 0 Å². The Morgan fingerprint density at radius 2 is 2.07 bits per heavy atom. The van der Waals surface area contributed by atoms with E-state index in [1.807, 2.05) is 0 Å². The van der Waals surface area contributed by atoms with Crippen molar-refractivity contribution in [1.29, 1.82) is 0 Å². The highest BCUT2D eigenvalue weighted by atomic mass is 35.5. The predicted octanol–water partition coefficient (Wildman–Crippen LogP) is 1.56. The number of aromatic carboxylic acids is 1. The second-order valence-electron chi connectivity index (χ2n) is 2.88. The van der Waals surface area contributed by atoms with Gasteiger partial charge in [0.1, 0.15) is 5.52 Å². The van der Waals surface area contributed by atoms with Gasteiger partial charge in [0.05, 0.1) is 21.8 Å². The number of carbonyl (C=O) groups is 1. The second kappa shape index (κ2) is 3.36. The number of hydrogen-bond acceptors (Lipinski definition) is 4. The van der Waals surface area contributed by atoms with Crippen LogP contribution in [0.2, 0.25) is 5.02 Å². The summed E-state index contributed by atoms with van der Waals surface area (Å²) >= 11 is 5.88. The molecule has 2 rings (SSSR count). The molecule has 6 heteroatoms. The molecule has 0 aliphatic rings. The molecule has 0 radical (unpaired) electrons. The smallest absolute Gasteiger partial charge is 0.337 e. The van der Waals surface area contributed by atoms with Crippen molar-refractivity contribution in [3.8, 4) is 0 Å². The van der Waals surface area contributed by atoms with E-state index < -0.39 is 5.97 Å². The van der Waals surface area contributed by atoms with E-state index in [0.29, 0.717) is 11.0 Å². The summed E-state index contributed by atoms with van der Waals surface area (Å²) in [5, 5.41) is 8.99. The van der Waals surface area contributed by atoms with Gasteiger partial charge in [-0.25, -0.2) is 4.79 Å². The molecule has 0 aliphatic carbocycles.